The molecule has 190 valence electrons. The molecule has 4 unspecified atom stereocenters. The van der Waals surface area contributed by atoms with Crippen molar-refractivity contribution >= 4 is 42.2 Å². The van der Waals surface area contributed by atoms with Crippen molar-refractivity contribution in [2.45, 2.75) is 63.7 Å². The third-order valence-corrected chi connectivity index (χ3v) is 5.15. The Kier molecular flexibility index (Phi) is 12.1. The Morgan fingerprint density at radius 1 is 1.06 bits per heavy atom. The summed E-state index contributed by atoms with van der Waals surface area (Å²) in [6.07, 6.45) is 2.96. The van der Waals surface area contributed by atoms with Gasteiger partial charge in [-0.1, -0.05) is 13.8 Å². The highest BCUT2D eigenvalue weighted by Crippen LogP contribution is 2.08. The first-order valence-electron chi connectivity index (χ1n) is 10.7. The molecular formula is C20H33N7O6S. The lowest BCUT2D eigenvalue weighted by Crippen LogP contribution is -2.57. The summed E-state index contributed by atoms with van der Waals surface area (Å²) < 4.78 is 0. The van der Waals surface area contributed by atoms with Crippen molar-refractivity contribution in [1.82, 2.24) is 25.9 Å². The molecule has 1 aromatic heterocycles. The lowest BCUT2D eigenvalue weighted by Gasteiger charge is -2.25. The Balaban J connectivity index is 2.94. The number of nitrogens with one attached hydrogen (secondary N) is 4. The number of thiol groups is 1. The first kappa shape index (κ1) is 28.9. The van der Waals surface area contributed by atoms with Gasteiger partial charge in [-0.25, -0.2) is 9.78 Å². The first-order chi connectivity index (χ1) is 15.9. The highest BCUT2D eigenvalue weighted by molar-refractivity contribution is 7.80. The molecule has 1 aromatic rings. The van der Waals surface area contributed by atoms with E-state index in [1.54, 1.807) is 0 Å². The maximum Gasteiger partial charge on any atom is 0.327 e. The van der Waals surface area contributed by atoms with E-state index in [-0.39, 0.29) is 37.4 Å². The first-order valence-corrected chi connectivity index (χ1v) is 11.3. The second-order valence-electron chi connectivity index (χ2n) is 8.23. The van der Waals surface area contributed by atoms with Gasteiger partial charge < -0.3 is 37.5 Å². The predicted octanol–water partition coefficient (Wildman–Crippen LogP) is -1.94. The van der Waals surface area contributed by atoms with Crippen LogP contribution in [0.1, 0.15) is 38.8 Å². The summed E-state index contributed by atoms with van der Waals surface area (Å²) in [4.78, 5) is 67.4. The molecule has 0 bridgehead atoms. The number of carbonyl (C=O) groups excluding carboxylic acids is 4. The minimum atomic E-state index is -1.27. The van der Waals surface area contributed by atoms with Crippen molar-refractivity contribution in [2.24, 2.45) is 17.4 Å². The maximum absolute atomic E-state index is 13.0. The minimum absolute atomic E-state index is 0.0307. The molecule has 0 fully saturated rings. The number of carbonyl (C=O) groups is 5. The number of hydrogen-bond acceptors (Lipinski definition) is 8. The molecule has 0 saturated carbocycles. The van der Waals surface area contributed by atoms with E-state index < -0.39 is 53.8 Å². The highest BCUT2D eigenvalue weighted by atomic mass is 32.1. The van der Waals surface area contributed by atoms with Gasteiger partial charge in [0.05, 0.1) is 12.4 Å². The number of carboxylic acids is 1. The Morgan fingerprint density at radius 3 is 2.15 bits per heavy atom. The molecule has 4 atom stereocenters. The molecule has 0 spiro atoms. The fourth-order valence-electron chi connectivity index (χ4n) is 2.99. The molecule has 9 N–H and O–H groups in total. The third kappa shape index (κ3) is 10.2. The molecule has 1 heterocycles. The summed E-state index contributed by atoms with van der Waals surface area (Å²) in [5.74, 6) is -4.21. The number of amides is 4. The number of primary amides is 1. The van der Waals surface area contributed by atoms with Gasteiger partial charge in [0.1, 0.15) is 18.1 Å². The summed E-state index contributed by atoms with van der Waals surface area (Å²) in [7, 11) is 0. The van der Waals surface area contributed by atoms with E-state index in [0.717, 1.165) is 0 Å². The number of imidazole rings is 1. The third-order valence-electron chi connectivity index (χ3n) is 4.78. The molecule has 0 saturated heterocycles. The van der Waals surface area contributed by atoms with Crippen LogP contribution in [0, 0.1) is 5.92 Å². The quantitative estimate of drug-likeness (QED) is 0.126. The second-order valence-corrected chi connectivity index (χ2v) is 8.59. The minimum Gasteiger partial charge on any atom is -0.480 e. The van der Waals surface area contributed by atoms with Crippen LogP contribution in [0.15, 0.2) is 12.5 Å². The SMILES string of the molecule is CC(C)CC(NC(=O)C(CCC(N)=O)NC(=O)C(N)Cc1cnc[nH]1)C(=O)NC(CS)C(=O)O. The fraction of sp³-hybridized carbons (Fsp3) is 0.600. The van der Waals surface area contributed by atoms with E-state index in [2.05, 4.69) is 38.5 Å². The number of rotatable bonds is 15. The molecule has 1 rings (SSSR count). The number of hydrogen-bond donors (Lipinski definition) is 8. The van der Waals surface area contributed by atoms with Crippen molar-refractivity contribution in [2.75, 3.05) is 5.75 Å². The molecule has 4 amide bonds. The van der Waals surface area contributed by atoms with E-state index >= 15 is 0 Å². The molecule has 34 heavy (non-hydrogen) atoms. The van der Waals surface area contributed by atoms with Crippen molar-refractivity contribution in [3.05, 3.63) is 18.2 Å². The lowest BCUT2D eigenvalue weighted by molar-refractivity contribution is -0.141. The molecule has 0 aliphatic rings. The lowest BCUT2D eigenvalue weighted by atomic mass is 10.0. The standard InChI is InChI=1S/C20H33N7O6S/c1-10(2)5-14(19(31)27-15(8-34)20(32)33)26-18(30)13(3-4-16(22)28)25-17(29)12(21)6-11-7-23-9-24-11/h7,9-10,12-15,34H,3-6,8,21H2,1-2H3,(H2,22,28)(H,23,24)(H,25,29)(H,26,30)(H,27,31)(H,32,33). The fourth-order valence-corrected chi connectivity index (χ4v) is 3.24. The van der Waals surface area contributed by atoms with Gasteiger partial charge in [0, 0.05) is 30.5 Å². The average molecular weight is 500 g/mol. The van der Waals surface area contributed by atoms with Crippen LogP contribution in [0.5, 0.6) is 0 Å². The number of carboxylic acid groups (broad SMARTS) is 1. The van der Waals surface area contributed by atoms with E-state index in [1.807, 2.05) is 13.8 Å². The van der Waals surface area contributed by atoms with Crippen molar-refractivity contribution in [3.63, 3.8) is 0 Å². The zero-order valence-corrected chi connectivity index (χ0v) is 20.0. The second kappa shape index (κ2) is 14.2. The topological polar surface area (TPSA) is 222 Å². The Morgan fingerprint density at radius 2 is 1.65 bits per heavy atom. The van der Waals surface area contributed by atoms with Crippen LogP contribution in [0.25, 0.3) is 0 Å². The molecule has 0 aromatic carbocycles. The van der Waals surface area contributed by atoms with Gasteiger partial charge in [-0.3, -0.25) is 19.2 Å². The number of nitrogens with zero attached hydrogens (tertiary/aromatic N) is 1. The summed E-state index contributed by atoms with van der Waals surface area (Å²) >= 11 is 3.91. The van der Waals surface area contributed by atoms with E-state index in [9.17, 15) is 24.0 Å². The molecule has 0 aliphatic heterocycles. The number of nitrogens with two attached hydrogens (primary N) is 2. The van der Waals surface area contributed by atoms with Gasteiger partial charge in [0.25, 0.3) is 0 Å². The van der Waals surface area contributed by atoms with Gasteiger partial charge in [-0.15, -0.1) is 0 Å². The zero-order chi connectivity index (χ0) is 25.8. The van der Waals surface area contributed by atoms with Crippen molar-refractivity contribution < 1.29 is 29.1 Å². The highest BCUT2D eigenvalue weighted by Gasteiger charge is 2.30. The Labute approximate surface area is 202 Å². The molecule has 0 aliphatic carbocycles. The summed E-state index contributed by atoms with van der Waals surface area (Å²) in [5.41, 5.74) is 11.7. The normalized spacial score (nSPS) is 14.5. The summed E-state index contributed by atoms with van der Waals surface area (Å²) in [6, 6.07) is -4.53. The van der Waals surface area contributed by atoms with Gasteiger partial charge in [-0.05, 0) is 18.8 Å². The number of H-pyrrole nitrogens is 1. The van der Waals surface area contributed by atoms with Crippen LogP contribution in [0.2, 0.25) is 0 Å². The Bertz CT molecular complexity index is 848. The average Bonchev–Trinajstić information content (AvgIpc) is 3.26. The molecule has 0 radical (unpaired) electrons. The summed E-state index contributed by atoms with van der Waals surface area (Å²) in [5, 5.41) is 16.5. The van der Waals surface area contributed by atoms with E-state index in [4.69, 9.17) is 16.6 Å². The van der Waals surface area contributed by atoms with Crippen LogP contribution >= 0.6 is 12.6 Å². The monoisotopic (exact) mass is 499 g/mol. The largest absolute Gasteiger partial charge is 0.480 e. The van der Waals surface area contributed by atoms with Gasteiger partial charge in [-0.2, -0.15) is 12.6 Å². The van der Waals surface area contributed by atoms with Gasteiger partial charge >= 0.3 is 5.97 Å². The van der Waals surface area contributed by atoms with E-state index in [1.165, 1.54) is 12.5 Å². The van der Waals surface area contributed by atoms with E-state index in [0.29, 0.717) is 5.69 Å². The van der Waals surface area contributed by atoms with Crippen molar-refractivity contribution in [3.8, 4) is 0 Å². The van der Waals surface area contributed by atoms with Crippen LogP contribution in [0.3, 0.4) is 0 Å². The number of aromatic nitrogens is 2. The zero-order valence-electron chi connectivity index (χ0n) is 19.1. The van der Waals surface area contributed by atoms with Gasteiger partial charge in [0.2, 0.25) is 23.6 Å². The number of aliphatic carboxylic acids is 1. The Hall–Kier alpha value is -3.13. The van der Waals surface area contributed by atoms with Crippen molar-refractivity contribution in [1.29, 1.82) is 0 Å². The summed E-state index contributed by atoms with van der Waals surface area (Å²) in [6.45, 7) is 3.64. The van der Waals surface area contributed by atoms with Crippen LogP contribution in [-0.2, 0) is 30.4 Å². The molecular weight excluding hydrogens is 466 g/mol. The molecule has 14 heteroatoms. The van der Waals surface area contributed by atoms with Crippen LogP contribution < -0.4 is 27.4 Å². The predicted molar refractivity (Wildman–Crippen MR) is 125 cm³/mol. The smallest absolute Gasteiger partial charge is 0.327 e. The van der Waals surface area contributed by atoms with Gasteiger partial charge in [0.15, 0.2) is 0 Å². The molecule has 13 nitrogen and oxygen atoms in total. The van der Waals surface area contributed by atoms with Crippen LogP contribution in [0.4, 0.5) is 0 Å². The number of aromatic amines is 1. The maximum atomic E-state index is 13.0. The van der Waals surface area contributed by atoms with Crippen LogP contribution in [-0.4, -0.2) is 74.6 Å².